The molecule has 0 unspecified atom stereocenters. The molecule has 0 aliphatic heterocycles. The van der Waals surface area contributed by atoms with Gasteiger partial charge in [-0.15, -0.1) is 0 Å². The summed E-state index contributed by atoms with van der Waals surface area (Å²) >= 11 is 0. The van der Waals surface area contributed by atoms with Crippen LogP contribution in [-0.2, 0) is 0 Å². The van der Waals surface area contributed by atoms with Gasteiger partial charge in [0.25, 0.3) is 0 Å². The van der Waals surface area contributed by atoms with Crippen LogP contribution in [0, 0.1) is 11.2 Å². The van der Waals surface area contributed by atoms with Crippen LogP contribution in [-0.4, -0.2) is 11.1 Å². The van der Waals surface area contributed by atoms with Crippen molar-refractivity contribution in [2.45, 2.75) is 47.0 Å². The number of hydrogen-bond donors (Lipinski definition) is 1. The number of benzene rings is 1. The zero-order chi connectivity index (χ0) is 18.9. The average Bonchev–Trinajstić information content (AvgIpc) is 2.52. The molecule has 134 valence electrons. The molecule has 0 amide bonds. The lowest BCUT2D eigenvalue weighted by Crippen LogP contribution is -2.22. The van der Waals surface area contributed by atoms with Crippen molar-refractivity contribution in [1.82, 2.24) is 0 Å². The summed E-state index contributed by atoms with van der Waals surface area (Å²) in [6.45, 7) is 11.9. The van der Waals surface area contributed by atoms with E-state index in [4.69, 9.17) is 5.11 Å². The van der Waals surface area contributed by atoms with E-state index in [-0.39, 0.29) is 22.1 Å². The van der Waals surface area contributed by atoms with E-state index in [0.717, 1.165) is 37.0 Å². The third-order valence-electron chi connectivity index (χ3n) is 4.99. The number of aromatic carboxylic acids is 1. The minimum absolute atomic E-state index is 0.104. The molecule has 0 aromatic heterocycles. The maximum atomic E-state index is 14.9. The summed E-state index contributed by atoms with van der Waals surface area (Å²) in [5.41, 5.74) is 2.54. The van der Waals surface area contributed by atoms with Crippen LogP contribution in [0.15, 0.2) is 47.1 Å². The molecular weight excluding hydrogens is 322 g/mol. The van der Waals surface area contributed by atoms with Crippen LogP contribution in [0.25, 0.3) is 5.83 Å². The van der Waals surface area contributed by atoms with Crippen molar-refractivity contribution in [1.29, 1.82) is 0 Å². The molecule has 1 aromatic carbocycles. The summed E-state index contributed by atoms with van der Waals surface area (Å²) in [5.74, 6) is -2.85. The first-order valence-electron chi connectivity index (χ1n) is 8.35. The Kier molecular flexibility index (Phi) is 5.31. The fourth-order valence-electron chi connectivity index (χ4n) is 3.64. The second-order valence-electron chi connectivity index (χ2n) is 7.31. The van der Waals surface area contributed by atoms with Gasteiger partial charge in [0, 0.05) is 5.56 Å². The molecule has 2 nitrogen and oxygen atoms in total. The molecule has 1 aliphatic rings. The molecule has 0 radical (unpaired) electrons. The Morgan fingerprint density at radius 3 is 2.48 bits per heavy atom. The Labute approximate surface area is 147 Å². The van der Waals surface area contributed by atoms with Crippen LogP contribution < -0.4 is 0 Å². The topological polar surface area (TPSA) is 37.3 Å². The SMILES string of the molecule is C=C(C1=C(C)CCCC1(C)C)/C(C)=C(\F)c1ccc(C(=O)O)cc1F. The molecular formula is C21H24F2O2. The number of carboxylic acid groups (broad SMARTS) is 1. The maximum absolute atomic E-state index is 14.9. The first-order valence-corrected chi connectivity index (χ1v) is 8.35. The Morgan fingerprint density at radius 2 is 1.96 bits per heavy atom. The Morgan fingerprint density at radius 1 is 1.32 bits per heavy atom. The van der Waals surface area contributed by atoms with Gasteiger partial charge in [0.1, 0.15) is 11.6 Å². The van der Waals surface area contributed by atoms with E-state index in [1.807, 2.05) is 6.92 Å². The smallest absolute Gasteiger partial charge is 0.335 e. The van der Waals surface area contributed by atoms with E-state index in [1.165, 1.54) is 11.6 Å². The highest BCUT2D eigenvalue weighted by atomic mass is 19.1. The Bertz CT molecular complexity index is 798. The minimum Gasteiger partial charge on any atom is -0.478 e. The van der Waals surface area contributed by atoms with Crippen molar-refractivity contribution in [2.24, 2.45) is 5.41 Å². The fourth-order valence-corrected chi connectivity index (χ4v) is 3.64. The monoisotopic (exact) mass is 346 g/mol. The molecule has 0 heterocycles. The molecule has 1 aliphatic carbocycles. The lowest BCUT2D eigenvalue weighted by atomic mass is 9.69. The Balaban J connectivity index is 2.49. The van der Waals surface area contributed by atoms with Crippen LogP contribution >= 0.6 is 0 Å². The molecule has 2 rings (SSSR count). The molecule has 1 N–H and O–H groups in total. The van der Waals surface area contributed by atoms with Crippen molar-refractivity contribution in [3.8, 4) is 0 Å². The number of hydrogen-bond acceptors (Lipinski definition) is 1. The lowest BCUT2D eigenvalue weighted by Gasteiger charge is -2.36. The van der Waals surface area contributed by atoms with E-state index in [2.05, 4.69) is 20.4 Å². The number of halogens is 2. The lowest BCUT2D eigenvalue weighted by molar-refractivity contribution is 0.0696. The van der Waals surface area contributed by atoms with E-state index < -0.39 is 17.6 Å². The number of carbonyl (C=O) groups is 1. The van der Waals surface area contributed by atoms with Gasteiger partial charge in [-0.25, -0.2) is 13.6 Å². The van der Waals surface area contributed by atoms with Crippen molar-refractivity contribution in [2.75, 3.05) is 0 Å². The van der Waals surface area contributed by atoms with Gasteiger partial charge in [-0.1, -0.05) is 26.0 Å². The van der Waals surface area contributed by atoms with Gasteiger partial charge in [0.15, 0.2) is 0 Å². The molecule has 0 bridgehead atoms. The van der Waals surface area contributed by atoms with Gasteiger partial charge >= 0.3 is 5.97 Å². The largest absolute Gasteiger partial charge is 0.478 e. The van der Waals surface area contributed by atoms with Crippen LogP contribution in [0.1, 0.15) is 62.9 Å². The zero-order valence-electron chi connectivity index (χ0n) is 15.2. The molecule has 0 spiro atoms. The summed E-state index contributed by atoms with van der Waals surface area (Å²) in [6.07, 6.45) is 3.04. The normalized spacial score (nSPS) is 18.0. The van der Waals surface area contributed by atoms with Gasteiger partial charge in [-0.2, -0.15) is 0 Å². The summed E-state index contributed by atoms with van der Waals surface area (Å²) in [6, 6.07) is 3.20. The van der Waals surface area contributed by atoms with Crippen molar-refractivity contribution >= 4 is 11.8 Å². The quantitative estimate of drug-likeness (QED) is 0.649. The predicted molar refractivity (Wildman–Crippen MR) is 96.5 cm³/mol. The van der Waals surface area contributed by atoms with Crippen LogP contribution in [0.5, 0.6) is 0 Å². The van der Waals surface area contributed by atoms with Crippen molar-refractivity contribution < 1.29 is 18.7 Å². The molecule has 0 atom stereocenters. The second-order valence-corrected chi connectivity index (χ2v) is 7.31. The second kappa shape index (κ2) is 6.95. The van der Waals surface area contributed by atoms with Gasteiger partial charge < -0.3 is 5.11 Å². The fraction of sp³-hybridized carbons (Fsp3) is 0.381. The number of allylic oxidation sites excluding steroid dienone is 4. The standard InChI is InChI=1S/C21H24F2O2/c1-12-7-6-10-21(4,5)18(12)13(2)14(3)19(23)16-9-8-15(20(24)25)11-17(16)22/h8-9,11H,2,6-7,10H2,1,3-5H3,(H,24,25)/b19-14-. The molecule has 1 aromatic rings. The van der Waals surface area contributed by atoms with Crippen LogP contribution in [0.3, 0.4) is 0 Å². The zero-order valence-corrected chi connectivity index (χ0v) is 15.2. The third-order valence-corrected chi connectivity index (χ3v) is 4.99. The van der Waals surface area contributed by atoms with E-state index in [0.29, 0.717) is 5.57 Å². The van der Waals surface area contributed by atoms with Crippen molar-refractivity contribution in [3.05, 3.63) is 64.0 Å². The van der Waals surface area contributed by atoms with Gasteiger partial charge in [-0.3, -0.25) is 0 Å². The maximum Gasteiger partial charge on any atom is 0.335 e. The van der Waals surface area contributed by atoms with Gasteiger partial charge in [-0.05, 0) is 73.4 Å². The highest BCUT2D eigenvalue weighted by Gasteiger charge is 2.31. The highest BCUT2D eigenvalue weighted by molar-refractivity contribution is 5.88. The summed E-state index contributed by atoms with van der Waals surface area (Å²) < 4.78 is 29.1. The van der Waals surface area contributed by atoms with E-state index >= 15 is 0 Å². The molecule has 4 heteroatoms. The van der Waals surface area contributed by atoms with E-state index in [1.54, 1.807) is 6.92 Å². The highest BCUT2D eigenvalue weighted by Crippen LogP contribution is 2.46. The average molecular weight is 346 g/mol. The minimum atomic E-state index is -1.25. The molecule has 25 heavy (non-hydrogen) atoms. The summed E-state index contributed by atoms with van der Waals surface area (Å²) in [7, 11) is 0. The summed E-state index contributed by atoms with van der Waals surface area (Å²) in [5, 5.41) is 8.90. The number of carboxylic acids is 1. The van der Waals surface area contributed by atoms with Crippen LogP contribution in [0.4, 0.5) is 8.78 Å². The number of rotatable bonds is 4. The van der Waals surface area contributed by atoms with Crippen molar-refractivity contribution in [3.63, 3.8) is 0 Å². The van der Waals surface area contributed by atoms with Gasteiger partial charge in [0.2, 0.25) is 0 Å². The third kappa shape index (κ3) is 3.73. The molecule has 0 saturated carbocycles. The summed E-state index contributed by atoms with van der Waals surface area (Å²) in [4.78, 5) is 10.9. The molecule has 0 fully saturated rings. The predicted octanol–water partition coefficient (Wildman–Crippen LogP) is 6.31. The molecule has 0 saturated heterocycles. The van der Waals surface area contributed by atoms with Gasteiger partial charge in [0.05, 0.1) is 5.56 Å². The van der Waals surface area contributed by atoms with E-state index in [9.17, 15) is 13.6 Å². The van der Waals surface area contributed by atoms with Crippen LogP contribution in [0.2, 0.25) is 0 Å². The first kappa shape index (κ1) is 19.1. The Hall–Kier alpha value is -2.23. The first-order chi connectivity index (χ1) is 11.6.